The third-order valence-electron chi connectivity index (χ3n) is 6.62. The van der Waals surface area contributed by atoms with E-state index in [1.807, 2.05) is 48.2 Å². The van der Waals surface area contributed by atoms with E-state index < -0.39 is 10.0 Å². The molecule has 0 aromatic heterocycles. The molecule has 0 saturated carbocycles. The molecule has 1 heterocycles. The van der Waals surface area contributed by atoms with Crippen LogP contribution in [0.15, 0.2) is 89.8 Å². The van der Waals surface area contributed by atoms with Gasteiger partial charge in [-0.3, -0.25) is 4.79 Å². The highest BCUT2D eigenvalue weighted by atomic mass is 32.2. The number of carbonyl (C=O) groups excluding carboxylic acids is 1. The first kappa shape index (κ1) is 25.9. The number of benzene rings is 3. The Morgan fingerprint density at radius 1 is 0.889 bits per heavy atom. The van der Waals surface area contributed by atoms with Gasteiger partial charge in [0.1, 0.15) is 5.75 Å². The average molecular weight is 507 g/mol. The molecule has 4 rings (SSSR count). The minimum absolute atomic E-state index is 0.132. The van der Waals surface area contributed by atoms with E-state index in [1.54, 1.807) is 12.1 Å². The summed E-state index contributed by atoms with van der Waals surface area (Å²) in [6.45, 7) is 3.63. The van der Waals surface area contributed by atoms with Crippen molar-refractivity contribution in [3.05, 3.63) is 96.1 Å². The Morgan fingerprint density at radius 3 is 2.06 bits per heavy atom. The number of ether oxygens (including phenoxy) is 1. The number of piperidine rings is 1. The topological polar surface area (TPSA) is 66.9 Å². The van der Waals surface area contributed by atoms with Gasteiger partial charge in [0, 0.05) is 19.6 Å². The molecule has 1 saturated heterocycles. The molecular weight excluding hydrogens is 472 g/mol. The van der Waals surface area contributed by atoms with Crippen molar-refractivity contribution in [1.29, 1.82) is 0 Å². The molecule has 3 aromatic carbocycles. The number of amides is 1. The summed E-state index contributed by atoms with van der Waals surface area (Å²) in [4.78, 5) is 15.2. The van der Waals surface area contributed by atoms with E-state index in [9.17, 15) is 13.2 Å². The Morgan fingerprint density at radius 2 is 1.47 bits per heavy atom. The van der Waals surface area contributed by atoms with Gasteiger partial charge in [-0.15, -0.1) is 0 Å². The maximum absolute atomic E-state index is 13.6. The molecule has 1 aliphatic heterocycles. The number of sulfonamides is 1. The van der Waals surface area contributed by atoms with E-state index in [4.69, 9.17) is 4.74 Å². The number of hydrogen-bond donors (Lipinski definition) is 0. The molecule has 6 nitrogen and oxygen atoms in total. The highest BCUT2D eigenvalue weighted by Gasteiger charge is 2.30. The summed E-state index contributed by atoms with van der Waals surface area (Å²) in [5.74, 6) is 0.989. The standard InChI is InChI=1S/C29H34N2O4S/c1-2-35-27-13-15-28(16-14-27)36(33,34)31(22-26-11-7-4-8-12-26)23-29(32)30-19-17-25(18-20-30)21-24-9-5-3-6-10-24/h3-16,25H,2,17-23H2,1H3. The van der Waals surface area contributed by atoms with E-state index in [0.717, 1.165) is 24.8 Å². The number of likely N-dealkylation sites (tertiary alicyclic amines) is 1. The molecule has 0 atom stereocenters. The van der Waals surface area contributed by atoms with Crippen LogP contribution in [0.4, 0.5) is 0 Å². The van der Waals surface area contributed by atoms with Crippen LogP contribution in [-0.2, 0) is 27.8 Å². The second-order valence-electron chi connectivity index (χ2n) is 9.18. The van der Waals surface area contributed by atoms with E-state index in [2.05, 4.69) is 24.3 Å². The van der Waals surface area contributed by atoms with Gasteiger partial charge >= 0.3 is 0 Å². The van der Waals surface area contributed by atoms with Gasteiger partial charge in [-0.25, -0.2) is 8.42 Å². The second kappa shape index (κ2) is 12.2. The van der Waals surface area contributed by atoms with Crippen LogP contribution in [0, 0.1) is 5.92 Å². The van der Waals surface area contributed by atoms with Crippen molar-refractivity contribution in [2.45, 2.75) is 37.6 Å². The molecule has 3 aromatic rings. The van der Waals surface area contributed by atoms with E-state index >= 15 is 0 Å². The van der Waals surface area contributed by atoms with E-state index in [-0.39, 0.29) is 23.9 Å². The minimum Gasteiger partial charge on any atom is -0.494 e. The van der Waals surface area contributed by atoms with Crippen LogP contribution in [0.25, 0.3) is 0 Å². The highest BCUT2D eigenvalue weighted by molar-refractivity contribution is 7.89. The van der Waals surface area contributed by atoms with Gasteiger partial charge in [-0.1, -0.05) is 60.7 Å². The van der Waals surface area contributed by atoms with Crippen molar-refractivity contribution in [2.24, 2.45) is 5.92 Å². The summed E-state index contributed by atoms with van der Waals surface area (Å²) in [6.07, 6.45) is 2.85. The van der Waals surface area contributed by atoms with Gasteiger partial charge < -0.3 is 9.64 Å². The maximum Gasteiger partial charge on any atom is 0.243 e. The van der Waals surface area contributed by atoms with Gasteiger partial charge in [0.15, 0.2) is 0 Å². The summed E-state index contributed by atoms with van der Waals surface area (Å²) in [7, 11) is -3.89. The van der Waals surface area contributed by atoms with Gasteiger partial charge in [-0.05, 0) is 67.5 Å². The zero-order chi connectivity index (χ0) is 25.4. The van der Waals surface area contributed by atoms with Gasteiger partial charge in [-0.2, -0.15) is 4.31 Å². The van der Waals surface area contributed by atoms with Crippen molar-refractivity contribution in [1.82, 2.24) is 9.21 Å². The number of rotatable bonds is 10. The fraction of sp³-hybridized carbons (Fsp3) is 0.345. The van der Waals surface area contributed by atoms with Crippen molar-refractivity contribution < 1.29 is 17.9 Å². The summed E-state index contributed by atoms with van der Waals surface area (Å²) in [6, 6.07) is 26.2. The van der Waals surface area contributed by atoms with Gasteiger partial charge in [0.25, 0.3) is 0 Å². The molecule has 1 fully saturated rings. The van der Waals surface area contributed by atoms with E-state index in [0.29, 0.717) is 31.4 Å². The zero-order valence-electron chi connectivity index (χ0n) is 20.8. The Bertz CT molecular complexity index is 1210. The fourth-order valence-corrected chi connectivity index (χ4v) is 6.00. The largest absolute Gasteiger partial charge is 0.494 e. The zero-order valence-corrected chi connectivity index (χ0v) is 21.6. The first-order valence-corrected chi connectivity index (χ1v) is 14.0. The highest BCUT2D eigenvalue weighted by Crippen LogP contribution is 2.24. The van der Waals surface area contributed by atoms with Crippen LogP contribution in [0.2, 0.25) is 0 Å². The molecule has 190 valence electrons. The lowest BCUT2D eigenvalue weighted by atomic mass is 9.90. The Balaban J connectivity index is 1.45. The first-order valence-electron chi connectivity index (χ1n) is 12.5. The lowest BCUT2D eigenvalue weighted by Crippen LogP contribution is -2.45. The summed E-state index contributed by atoms with van der Waals surface area (Å²) in [5, 5.41) is 0. The Labute approximate surface area is 214 Å². The molecule has 1 aliphatic rings. The predicted octanol–water partition coefficient (Wildman–Crippen LogP) is 4.76. The molecule has 0 unspecified atom stereocenters. The van der Waals surface area contributed by atoms with Crippen LogP contribution in [0.1, 0.15) is 30.9 Å². The lowest BCUT2D eigenvalue weighted by molar-refractivity contribution is -0.132. The lowest BCUT2D eigenvalue weighted by Gasteiger charge is -2.33. The van der Waals surface area contributed by atoms with Crippen LogP contribution in [0.5, 0.6) is 5.75 Å². The fourth-order valence-electron chi connectivity index (χ4n) is 4.62. The SMILES string of the molecule is CCOc1ccc(S(=O)(=O)N(CC(=O)N2CCC(Cc3ccccc3)CC2)Cc2ccccc2)cc1. The number of nitrogens with zero attached hydrogens (tertiary/aromatic N) is 2. The monoisotopic (exact) mass is 506 g/mol. The molecule has 7 heteroatoms. The van der Waals surface area contributed by atoms with Crippen molar-refractivity contribution in [3.8, 4) is 5.75 Å². The van der Waals surface area contributed by atoms with Gasteiger partial charge in [0.05, 0.1) is 18.0 Å². The summed E-state index contributed by atoms with van der Waals surface area (Å²) >= 11 is 0. The molecule has 0 bridgehead atoms. The number of carbonyl (C=O) groups is 1. The second-order valence-corrected chi connectivity index (χ2v) is 11.1. The maximum atomic E-state index is 13.6. The third kappa shape index (κ3) is 6.74. The predicted molar refractivity (Wildman–Crippen MR) is 141 cm³/mol. The minimum atomic E-state index is -3.89. The van der Waals surface area contributed by atoms with Gasteiger partial charge in [0.2, 0.25) is 15.9 Å². The molecule has 0 spiro atoms. The molecule has 0 N–H and O–H groups in total. The molecule has 36 heavy (non-hydrogen) atoms. The Hall–Kier alpha value is -3.16. The summed E-state index contributed by atoms with van der Waals surface area (Å²) < 4.78 is 33.9. The van der Waals surface area contributed by atoms with Crippen molar-refractivity contribution >= 4 is 15.9 Å². The van der Waals surface area contributed by atoms with Crippen LogP contribution in [0.3, 0.4) is 0 Å². The van der Waals surface area contributed by atoms with E-state index in [1.165, 1.54) is 22.0 Å². The molecule has 1 amide bonds. The molecule has 0 aliphatic carbocycles. The molecule has 0 radical (unpaired) electrons. The molecular formula is C29H34N2O4S. The van der Waals surface area contributed by atoms with Crippen LogP contribution < -0.4 is 4.74 Å². The smallest absolute Gasteiger partial charge is 0.243 e. The van der Waals surface area contributed by atoms with Crippen LogP contribution in [-0.4, -0.2) is 49.8 Å². The first-order chi connectivity index (χ1) is 17.5. The van der Waals surface area contributed by atoms with Crippen molar-refractivity contribution in [3.63, 3.8) is 0 Å². The number of hydrogen-bond acceptors (Lipinski definition) is 4. The average Bonchev–Trinajstić information content (AvgIpc) is 2.90. The van der Waals surface area contributed by atoms with Crippen LogP contribution >= 0.6 is 0 Å². The third-order valence-corrected chi connectivity index (χ3v) is 8.43. The quantitative estimate of drug-likeness (QED) is 0.398. The summed E-state index contributed by atoms with van der Waals surface area (Å²) in [5.41, 5.74) is 2.15. The Kier molecular flexibility index (Phi) is 8.78. The van der Waals surface area contributed by atoms with Crippen molar-refractivity contribution in [2.75, 3.05) is 26.2 Å². The normalized spacial score (nSPS) is 14.7.